The third kappa shape index (κ3) is 2.70. The van der Waals surface area contributed by atoms with Crippen LogP contribution in [0.25, 0.3) is 27.9 Å². The molecule has 0 fully saturated rings. The van der Waals surface area contributed by atoms with Gasteiger partial charge in [-0.2, -0.15) is 9.61 Å². The fraction of sp³-hybridized carbons (Fsp3) is 0.222. The summed E-state index contributed by atoms with van der Waals surface area (Å²) in [6.45, 7) is 1.63. The predicted octanol–water partition coefficient (Wildman–Crippen LogP) is 1.29. The van der Waals surface area contributed by atoms with Crippen molar-refractivity contribution in [3.8, 4) is 11.1 Å². The number of hydrogen-bond donors (Lipinski definition) is 1. The van der Waals surface area contributed by atoms with Crippen LogP contribution in [0, 0.1) is 0 Å². The van der Waals surface area contributed by atoms with Crippen LogP contribution in [0.1, 0.15) is 18.7 Å². The maximum atomic E-state index is 12.7. The van der Waals surface area contributed by atoms with Gasteiger partial charge in [-0.05, 0) is 12.5 Å². The number of nitrogens with zero attached hydrogens (tertiary/aromatic N) is 6. The molecule has 0 saturated carbocycles. The van der Waals surface area contributed by atoms with E-state index in [4.69, 9.17) is 4.74 Å². The molecule has 10 nitrogen and oxygen atoms in total. The molecule has 3 heterocycles. The average molecular weight is 380 g/mol. The number of benzene rings is 1. The van der Waals surface area contributed by atoms with E-state index < -0.39 is 17.6 Å². The van der Waals surface area contributed by atoms with Crippen molar-refractivity contribution in [1.29, 1.82) is 0 Å². The minimum atomic E-state index is -1.15. The molecule has 0 aliphatic heterocycles. The highest BCUT2D eigenvalue weighted by molar-refractivity contribution is 5.83. The van der Waals surface area contributed by atoms with Gasteiger partial charge in [0.15, 0.2) is 16.8 Å². The highest BCUT2D eigenvalue weighted by atomic mass is 16.5. The lowest BCUT2D eigenvalue weighted by Gasteiger charge is -2.10. The number of carboxylic acid groups (broad SMARTS) is 1. The Hall–Kier alpha value is -3.66. The van der Waals surface area contributed by atoms with Gasteiger partial charge < -0.3 is 9.84 Å². The first-order chi connectivity index (χ1) is 13.5. The van der Waals surface area contributed by atoms with Crippen molar-refractivity contribution in [1.82, 2.24) is 29.4 Å². The summed E-state index contributed by atoms with van der Waals surface area (Å²) in [6.07, 6.45) is 1.18. The second-order valence-electron chi connectivity index (χ2n) is 6.20. The Labute approximate surface area is 158 Å². The van der Waals surface area contributed by atoms with E-state index in [1.54, 1.807) is 7.11 Å². The molecule has 1 unspecified atom stereocenters. The van der Waals surface area contributed by atoms with E-state index in [0.29, 0.717) is 11.3 Å². The molecule has 28 heavy (non-hydrogen) atoms. The number of hydrogen-bond acceptors (Lipinski definition) is 7. The van der Waals surface area contributed by atoms with Gasteiger partial charge in [-0.25, -0.2) is 9.78 Å². The number of ether oxygens (including phenoxy) is 1. The molecule has 0 aliphatic rings. The molecule has 10 heteroatoms. The van der Waals surface area contributed by atoms with Crippen LogP contribution in [-0.2, 0) is 16.1 Å². The molecule has 0 bridgehead atoms. The quantitative estimate of drug-likeness (QED) is 0.549. The standard InChI is InChI=1S/C18H16N6O4/c1-10(18(26)27)23-9-19-16-14(17(23)25)20-21-15-13(11-6-4-3-5-7-11)12(8-28-2)22-24(15)16/h3-7,9-10H,8H2,1-2H3,(H,26,27). The lowest BCUT2D eigenvalue weighted by Crippen LogP contribution is -2.29. The summed E-state index contributed by atoms with van der Waals surface area (Å²) in [6, 6.07) is 8.45. The van der Waals surface area contributed by atoms with Crippen LogP contribution >= 0.6 is 0 Å². The van der Waals surface area contributed by atoms with Gasteiger partial charge in [0, 0.05) is 7.11 Å². The molecular formula is C18H16N6O4. The molecule has 3 aromatic heterocycles. The van der Waals surface area contributed by atoms with Gasteiger partial charge in [-0.3, -0.25) is 9.36 Å². The van der Waals surface area contributed by atoms with Gasteiger partial charge in [-0.15, -0.1) is 10.2 Å². The molecule has 4 aromatic rings. The number of carbonyl (C=O) groups is 1. The van der Waals surface area contributed by atoms with Crippen molar-refractivity contribution < 1.29 is 14.6 Å². The average Bonchev–Trinajstić information content (AvgIpc) is 3.07. The number of aliphatic carboxylic acids is 1. The summed E-state index contributed by atoms with van der Waals surface area (Å²) in [4.78, 5) is 28.2. The van der Waals surface area contributed by atoms with E-state index in [2.05, 4.69) is 20.3 Å². The summed E-state index contributed by atoms with van der Waals surface area (Å²) in [5, 5.41) is 21.9. The van der Waals surface area contributed by atoms with Crippen molar-refractivity contribution in [3.05, 3.63) is 52.7 Å². The summed E-state index contributed by atoms with van der Waals surface area (Å²) < 4.78 is 7.70. The van der Waals surface area contributed by atoms with Crippen molar-refractivity contribution in [3.63, 3.8) is 0 Å². The van der Waals surface area contributed by atoms with E-state index in [1.165, 1.54) is 17.8 Å². The number of fused-ring (bicyclic) bond motifs is 3. The zero-order valence-corrected chi connectivity index (χ0v) is 15.1. The molecular weight excluding hydrogens is 364 g/mol. The Morgan fingerprint density at radius 2 is 1.96 bits per heavy atom. The van der Waals surface area contributed by atoms with E-state index in [0.717, 1.165) is 15.7 Å². The number of aromatic nitrogens is 6. The van der Waals surface area contributed by atoms with Gasteiger partial charge in [0.05, 0.1) is 17.9 Å². The molecule has 0 aliphatic carbocycles. The molecule has 1 N–H and O–H groups in total. The lowest BCUT2D eigenvalue weighted by molar-refractivity contribution is -0.140. The number of rotatable bonds is 5. The van der Waals surface area contributed by atoms with Crippen LogP contribution in [0.5, 0.6) is 0 Å². The van der Waals surface area contributed by atoms with E-state index in [1.807, 2.05) is 30.3 Å². The van der Waals surface area contributed by atoms with E-state index in [9.17, 15) is 14.7 Å². The topological polar surface area (TPSA) is 124 Å². The van der Waals surface area contributed by atoms with Crippen LogP contribution in [0.15, 0.2) is 41.5 Å². The van der Waals surface area contributed by atoms with Crippen molar-refractivity contribution in [2.75, 3.05) is 7.11 Å². The molecule has 1 atom stereocenters. The first kappa shape index (κ1) is 17.7. The van der Waals surface area contributed by atoms with Crippen LogP contribution in [0.2, 0.25) is 0 Å². The van der Waals surface area contributed by atoms with E-state index in [-0.39, 0.29) is 17.8 Å². The fourth-order valence-corrected chi connectivity index (χ4v) is 3.01. The van der Waals surface area contributed by atoms with Gasteiger partial charge >= 0.3 is 5.97 Å². The van der Waals surface area contributed by atoms with E-state index >= 15 is 0 Å². The second kappa shape index (κ2) is 6.82. The minimum absolute atomic E-state index is 0.0609. The SMILES string of the molecule is COCc1nn2c(nnc3c(=O)n(C(C)C(=O)O)cnc32)c1-c1ccccc1. The van der Waals surface area contributed by atoms with Crippen molar-refractivity contribution in [2.24, 2.45) is 0 Å². The number of carboxylic acids is 1. The van der Waals surface area contributed by atoms with Crippen LogP contribution in [-0.4, -0.2) is 47.5 Å². The summed E-state index contributed by atoms with van der Waals surface area (Å²) in [5.74, 6) is -1.15. The van der Waals surface area contributed by atoms with Crippen LogP contribution in [0.3, 0.4) is 0 Å². The van der Waals surface area contributed by atoms with Gasteiger partial charge in [0.25, 0.3) is 5.56 Å². The second-order valence-corrected chi connectivity index (χ2v) is 6.20. The monoisotopic (exact) mass is 380 g/mol. The Balaban J connectivity index is 2.02. The zero-order valence-electron chi connectivity index (χ0n) is 15.1. The van der Waals surface area contributed by atoms with Crippen LogP contribution < -0.4 is 5.56 Å². The Morgan fingerprint density at radius 1 is 1.21 bits per heavy atom. The molecule has 0 spiro atoms. The smallest absolute Gasteiger partial charge is 0.326 e. The Kier molecular flexibility index (Phi) is 4.32. The fourth-order valence-electron chi connectivity index (χ4n) is 3.01. The van der Waals surface area contributed by atoms with Crippen molar-refractivity contribution in [2.45, 2.75) is 19.6 Å². The lowest BCUT2D eigenvalue weighted by atomic mass is 10.1. The minimum Gasteiger partial charge on any atom is -0.480 e. The summed E-state index contributed by atoms with van der Waals surface area (Å²) in [5.41, 5.74) is 2.21. The molecule has 0 radical (unpaired) electrons. The summed E-state index contributed by atoms with van der Waals surface area (Å²) >= 11 is 0. The molecule has 1 aromatic carbocycles. The molecule has 0 amide bonds. The van der Waals surface area contributed by atoms with Gasteiger partial charge in [0.1, 0.15) is 12.4 Å². The first-order valence-corrected chi connectivity index (χ1v) is 8.45. The van der Waals surface area contributed by atoms with Crippen molar-refractivity contribution >= 4 is 22.8 Å². The molecule has 4 rings (SSSR count). The highest BCUT2D eigenvalue weighted by Gasteiger charge is 2.22. The Bertz CT molecular complexity index is 1250. The highest BCUT2D eigenvalue weighted by Crippen LogP contribution is 2.28. The Morgan fingerprint density at radius 3 is 2.64 bits per heavy atom. The number of methoxy groups -OCH3 is 1. The maximum Gasteiger partial charge on any atom is 0.326 e. The third-order valence-corrected chi connectivity index (χ3v) is 4.45. The van der Waals surface area contributed by atoms with Gasteiger partial charge in [-0.1, -0.05) is 30.3 Å². The molecule has 142 valence electrons. The largest absolute Gasteiger partial charge is 0.480 e. The molecule has 0 saturated heterocycles. The van der Waals surface area contributed by atoms with Gasteiger partial charge in [0.2, 0.25) is 0 Å². The zero-order chi connectivity index (χ0) is 19.8. The maximum absolute atomic E-state index is 12.7. The van der Waals surface area contributed by atoms with Crippen LogP contribution in [0.4, 0.5) is 0 Å². The summed E-state index contributed by atoms with van der Waals surface area (Å²) in [7, 11) is 1.56. The first-order valence-electron chi connectivity index (χ1n) is 8.45. The normalized spacial score (nSPS) is 12.5. The predicted molar refractivity (Wildman–Crippen MR) is 98.8 cm³/mol. The third-order valence-electron chi connectivity index (χ3n) is 4.45.